The maximum Gasteiger partial charge on any atom is 0.283 e. The van der Waals surface area contributed by atoms with Crippen molar-refractivity contribution in [2.45, 2.75) is 0 Å². The second-order valence-electron chi connectivity index (χ2n) is 4.06. The first kappa shape index (κ1) is 15.5. The molecule has 0 atom stereocenters. The lowest BCUT2D eigenvalue weighted by atomic mass is 10.2. The molecule has 1 aromatic heterocycles. The van der Waals surface area contributed by atoms with Crippen LogP contribution in [0.2, 0.25) is 0 Å². The van der Waals surface area contributed by atoms with Gasteiger partial charge in [0.2, 0.25) is 0 Å². The third kappa shape index (κ3) is 4.87. The van der Waals surface area contributed by atoms with Crippen molar-refractivity contribution in [2.75, 3.05) is 35.2 Å². The normalized spacial score (nSPS) is 11.0. The lowest BCUT2D eigenvalue weighted by molar-refractivity contribution is 0.874. The summed E-state index contributed by atoms with van der Waals surface area (Å²) in [7, 11) is 0. The number of aromatic amines is 1. The molecule has 0 saturated carbocycles. The Morgan fingerprint density at radius 3 is 2.48 bits per heavy atom. The van der Waals surface area contributed by atoms with Gasteiger partial charge in [0.1, 0.15) is 0 Å². The Morgan fingerprint density at radius 1 is 1.19 bits per heavy atom. The second-order valence-corrected chi connectivity index (χ2v) is 4.82. The van der Waals surface area contributed by atoms with Crippen LogP contribution in [0.15, 0.2) is 29.4 Å². The molecule has 0 radical (unpaired) electrons. The molecule has 0 aliphatic heterocycles. The number of H-pyrrole nitrogens is 1. The number of halogens is 2. The number of nitrogens with one attached hydrogen (secondary N) is 2. The van der Waals surface area contributed by atoms with Crippen LogP contribution in [0.1, 0.15) is 5.56 Å². The Morgan fingerprint density at radius 2 is 1.90 bits per heavy atom. The molecule has 1 heterocycles. The molecule has 0 unspecified atom stereocenters. The van der Waals surface area contributed by atoms with Crippen molar-refractivity contribution in [3.63, 3.8) is 0 Å². The molecule has 2 rings (SSSR count). The first-order valence-corrected chi connectivity index (χ1v) is 7.40. The summed E-state index contributed by atoms with van der Waals surface area (Å²) in [6.45, 7) is 1.53. The number of rotatable bonds is 8. The van der Waals surface area contributed by atoms with E-state index >= 15 is 0 Å². The van der Waals surface area contributed by atoms with Gasteiger partial charge >= 0.3 is 0 Å². The van der Waals surface area contributed by atoms with Crippen LogP contribution in [0.3, 0.4) is 0 Å². The summed E-state index contributed by atoms with van der Waals surface area (Å²) in [4.78, 5) is 2.14. The van der Waals surface area contributed by atoms with Gasteiger partial charge in [-0.2, -0.15) is 10.3 Å². The zero-order chi connectivity index (χ0) is 14.9. The molecule has 2 N–H and O–H groups in total. The molecule has 0 aliphatic carbocycles. The fraction of sp³-hybridized carbons (Fsp3) is 0.333. The van der Waals surface area contributed by atoms with Crippen molar-refractivity contribution in [1.29, 1.82) is 0 Å². The number of hydrazone groups is 1. The van der Waals surface area contributed by atoms with Crippen molar-refractivity contribution < 1.29 is 0 Å². The molecular formula is C12H15Cl2N7. The van der Waals surface area contributed by atoms with E-state index in [-0.39, 0.29) is 0 Å². The number of alkyl halides is 2. The Bertz CT molecular complexity index is 535. The van der Waals surface area contributed by atoms with Gasteiger partial charge in [-0.15, -0.1) is 28.3 Å². The number of benzene rings is 1. The largest absolute Gasteiger partial charge is 0.369 e. The van der Waals surface area contributed by atoms with Gasteiger partial charge in [0, 0.05) is 30.5 Å². The van der Waals surface area contributed by atoms with E-state index in [2.05, 4.69) is 36.1 Å². The molecule has 7 nitrogen and oxygen atoms in total. The summed E-state index contributed by atoms with van der Waals surface area (Å²) in [6, 6.07) is 7.95. The Kier molecular flexibility index (Phi) is 6.23. The number of hydrogen-bond donors (Lipinski definition) is 2. The SMILES string of the molecule is ClCCN(CCCl)c1ccc(/C=N\Nc2nn[nH]n2)cc1. The lowest BCUT2D eigenvalue weighted by Crippen LogP contribution is -2.27. The highest BCUT2D eigenvalue weighted by molar-refractivity contribution is 6.18. The zero-order valence-corrected chi connectivity index (χ0v) is 12.7. The smallest absolute Gasteiger partial charge is 0.283 e. The van der Waals surface area contributed by atoms with Gasteiger partial charge in [0.25, 0.3) is 5.95 Å². The standard InChI is InChI=1S/C12H15Cl2N7/c13-5-7-21(8-6-14)11-3-1-10(2-4-11)9-15-16-12-17-19-20-18-12/h1-4,9H,5-8H2,(H2,16,17,18,19,20)/b15-9-. The Hall–Kier alpha value is -1.86. The molecule has 0 spiro atoms. The summed E-state index contributed by atoms with van der Waals surface area (Å²) in [5.74, 6) is 1.45. The molecule has 0 bridgehead atoms. The number of tetrazole rings is 1. The molecule has 112 valence electrons. The van der Waals surface area contributed by atoms with Crippen LogP contribution in [-0.4, -0.2) is 51.7 Å². The van der Waals surface area contributed by atoms with Gasteiger partial charge < -0.3 is 4.90 Å². The van der Waals surface area contributed by atoms with E-state index in [0.29, 0.717) is 17.7 Å². The van der Waals surface area contributed by atoms with Crippen LogP contribution < -0.4 is 10.3 Å². The van der Waals surface area contributed by atoms with Gasteiger partial charge in [-0.3, -0.25) is 0 Å². The molecular weight excluding hydrogens is 313 g/mol. The fourth-order valence-electron chi connectivity index (χ4n) is 1.72. The van der Waals surface area contributed by atoms with Gasteiger partial charge in [0.05, 0.1) is 6.21 Å². The van der Waals surface area contributed by atoms with Crippen LogP contribution in [0.5, 0.6) is 0 Å². The molecule has 21 heavy (non-hydrogen) atoms. The lowest BCUT2D eigenvalue weighted by Gasteiger charge is -2.22. The minimum absolute atomic E-state index is 0.318. The Labute approximate surface area is 132 Å². The van der Waals surface area contributed by atoms with E-state index in [1.807, 2.05) is 24.3 Å². The first-order chi connectivity index (χ1) is 10.3. The fourth-order valence-corrected chi connectivity index (χ4v) is 2.13. The summed E-state index contributed by atoms with van der Waals surface area (Å²) in [5, 5.41) is 17.2. The topological polar surface area (TPSA) is 82.1 Å². The average Bonchev–Trinajstić information content (AvgIpc) is 3.01. The van der Waals surface area contributed by atoms with E-state index in [0.717, 1.165) is 24.3 Å². The van der Waals surface area contributed by atoms with Crippen molar-refractivity contribution in [2.24, 2.45) is 5.10 Å². The van der Waals surface area contributed by atoms with E-state index in [1.165, 1.54) is 0 Å². The van der Waals surface area contributed by atoms with Gasteiger partial charge in [-0.1, -0.05) is 17.2 Å². The quantitative estimate of drug-likeness (QED) is 0.440. The zero-order valence-electron chi connectivity index (χ0n) is 11.2. The van der Waals surface area contributed by atoms with Crippen molar-refractivity contribution in [3.8, 4) is 0 Å². The third-order valence-corrected chi connectivity index (χ3v) is 3.03. The first-order valence-electron chi connectivity index (χ1n) is 6.33. The average molecular weight is 328 g/mol. The van der Waals surface area contributed by atoms with Crippen LogP contribution in [0, 0.1) is 0 Å². The van der Waals surface area contributed by atoms with Crippen molar-refractivity contribution in [1.82, 2.24) is 20.6 Å². The third-order valence-electron chi connectivity index (χ3n) is 2.69. The number of nitrogens with zero attached hydrogens (tertiary/aromatic N) is 5. The summed E-state index contributed by atoms with van der Waals surface area (Å²) >= 11 is 11.6. The maximum absolute atomic E-state index is 5.80. The highest BCUT2D eigenvalue weighted by Gasteiger charge is 2.04. The minimum atomic E-state index is 0.318. The second kappa shape index (κ2) is 8.43. The van der Waals surface area contributed by atoms with Gasteiger partial charge in [-0.25, -0.2) is 5.43 Å². The molecule has 0 amide bonds. The Balaban J connectivity index is 1.95. The van der Waals surface area contributed by atoms with Gasteiger partial charge in [0.15, 0.2) is 0 Å². The van der Waals surface area contributed by atoms with E-state index in [1.54, 1.807) is 6.21 Å². The van der Waals surface area contributed by atoms with Crippen LogP contribution >= 0.6 is 23.2 Å². The summed E-state index contributed by atoms with van der Waals surface area (Å²) in [5.41, 5.74) is 4.69. The molecule has 0 aliphatic rings. The highest BCUT2D eigenvalue weighted by Crippen LogP contribution is 2.15. The molecule has 9 heteroatoms. The molecule has 1 aromatic carbocycles. The van der Waals surface area contributed by atoms with Crippen molar-refractivity contribution >= 4 is 41.1 Å². The number of hydrogen-bond acceptors (Lipinski definition) is 6. The predicted octanol–water partition coefficient (Wildman–Crippen LogP) is 1.93. The molecule has 0 saturated heterocycles. The minimum Gasteiger partial charge on any atom is -0.369 e. The number of aromatic nitrogens is 4. The summed E-state index contributed by atoms with van der Waals surface area (Å²) in [6.07, 6.45) is 1.67. The molecule has 2 aromatic rings. The molecule has 0 fully saturated rings. The van der Waals surface area contributed by atoms with Crippen molar-refractivity contribution in [3.05, 3.63) is 29.8 Å². The maximum atomic E-state index is 5.80. The predicted molar refractivity (Wildman–Crippen MR) is 85.5 cm³/mol. The monoisotopic (exact) mass is 327 g/mol. The highest BCUT2D eigenvalue weighted by atomic mass is 35.5. The van der Waals surface area contributed by atoms with Crippen LogP contribution in [0.25, 0.3) is 0 Å². The van der Waals surface area contributed by atoms with Crippen LogP contribution in [0.4, 0.5) is 11.6 Å². The van der Waals surface area contributed by atoms with Crippen LogP contribution in [-0.2, 0) is 0 Å². The number of anilines is 2. The summed E-state index contributed by atoms with van der Waals surface area (Å²) < 4.78 is 0. The van der Waals surface area contributed by atoms with E-state index in [4.69, 9.17) is 23.2 Å². The van der Waals surface area contributed by atoms with E-state index in [9.17, 15) is 0 Å². The van der Waals surface area contributed by atoms with Gasteiger partial charge in [-0.05, 0) is 22.9 Å². The van der Waals surface area contributed by atoms with E-state index < -0.39 is 0 Å².